The van der Waals surface area contributed by atoms with Crippen LogP contribution in [0.4, 0.5) is 0 Å². The summed E-state index contributed by atoms with van der Waals surface area (Å²) in [4.78, 5) is 0. The first-order chi connectivity index (χ1) is 8.91. The van der Waals surface area contributed by atoms with Gasteiger partial charge in [-0.25, -0.2) is 0 Å². The number of rotatable bonds is 6. The Morgan fingerprint density at radius 1 is 0.947 bits per heavy atom. The zero-order chi connectivity index (χ0) is 14.5. The summed E-state index contributed by atoms with van der Waals surface area (Å²) < 4.78 is 16.0. The molecule has 0 aromatic heterocycles. The molecule has 0 aliphatic carbocycles. The summed E-state index contributed by atoms with van der Waals surface area (Å²) in [5.74, 6) is 2.04. The third-order valence-electron chi connectivity index (χ3n) is 2.79. The monoisotopic (exact) mass is 267 g/mol. The van der Waals surface area contributed by atoms with Gasteiger partial charge in [0.15, 0.2) is 11.5 Å². The normalized spacial score (nSPS) is 11.3. The minimum Gasteiger partial charge on any atom is -0.493 e. The topological polar surface area (TPSA) is 39.7 Å². The van der Waals surface area contributed by atoms with Crippen molar-refractivity contribution >= 4 is 0 Å². The first kappa shape index (κ1) is 15.6. The molecule has 1 N–H and O–H groups in total. The Labute approximate surface area is 116 Å². The Hall–Kier alpha value is -1.42. The van der Waals surface area contributed by atoms with Gasteiger partial charge in [-0.3, -0.25) is 0 Å². The van der Waals surface area contributed by atoms with Crippen LogP contribution in [0.25, 0.3) is 0 Å². The van der Waals surface area contributed by atoms with Crippen molar-refractivity contribution in [2.24, 2.45) is 0 Å². The van der Waals surface area contributed by atoms with Gasteiger partial charge in [0.05, 0.1) is 21.3 Å². The molecule has 0 amide bonds. The summed E-state index contributed by atoms with van der Waals surface area (Å²) in [6.45, 7) is 7.37. The van der Waals surface area contributed by atoms with Gasteiger partial charge in [-0.05, 0) is 51.4 Å². The predicted octanol–water partition coefficient (Wildman–Crippen LogP) is 2.64. The average Bonchev–Trinajstić information content (AvgIpc) is 2.35. The molecule has 4 nitrogen and oxygen atoms in total. The molecule has 4 heteroatoms. The lowest BCUT2D eigenvalue weighted by Gasteiger charge is -2.21. The Morgan fingerprint density at radius 3 is 1.84 bits per heavy atom. The van der Waals surface area contributed by atoms with E-state index >= 15 is 0 Å². The highest BCUT2D eigenvalue weighted by Gasteiger charge is 2.13. The van der Waals surface area contributed by atoms with Crippen molar-refractivity contribution in [2.75, 3.05) is 27.9 Å². The zero-order valence-electron chi connectivity index (χ0n) is 12.8. The van der Waals surface area contributed by atoms with Crippen LogP contribution >= 0.6 is 0 Å². The highest BCUT2D eigenvalue weighted by molar-refractivity contribution is 5.53. The quantitative estimate of drug-likeness (QED) is 0.860. The Morgan fingerprint density at radius 2 is 1.47 bits per heavy atom. The Balaban J connectivity index is 2.85. The van der Waals surface area contributed by atoms with E-state index in [9.17, 15) is 0 Å². The van der Waals surface area contributed by atoms with Crippen molar-refractivity contribution < 1.29 is 14.2 Å². The highest BCUT2D eigenvalue weighted by Crippen LogP contribution is 2.38. The van der Waals surface area contributed by atoms with E-state index in [1.165, 1.54) is 0 Å². The van der Waals surface area contributed by atoms with Gasteiger partial charge >= 0.3 is 0 Å². The van der Waals surface area contributed by atoms with E-state index in [1.54, 1.807) is 21.3 Å². The highest BCUT2D eigenvalue weighted by atomic mass is 16.5. The van der Waals surface area contributed by atoms with Gasteiger partial charge in [-0.15, -0.1) is 0 Å². The van der Waals surface area contributed by atoms with Crippen LogP contribution < -0.4 is 19.5 Å². The molecular weight excluding hydrogens is 242 g/mol. The molecule has 0 aliphatic heterocycles. The van der Waals surface area contributed by atoms with E-state index in [4.69, 9.17) is 14.2 Å². The average molecular weight is 267 g/mol. The molecule has 1 aromatic carbocycles. The van der Waals surface area contributed by atoms with Crippen LogP contribution in [0.1, 0.15) is 26.3 Å². The van der Waals surface area contributed by atoms with Crippen molar-refractivity contribution in [3.05, 3.63) is 17.7 Å². The van der Waals surface area contributed by atoms with E-state index in [0.29, 0.717) is 17.2 Å². The fraction of sp³-hybridized carbons (Fsp3) is 0.600. The predicted molar refractivity (Wildman–Crippen MR) is 77.6 cm³/mol. The van der Waals surface area contributed by atoms with Crippen LogP contribution in [-0.4, -0.2) is 33.4 Å². The van der Waals surface area contributed by atoms with Crippen LogP contribution in [-0.2, 0) is 6.42 Å². The second-order valence-electron chi connectivity index (χ2n) is 5.46. The fourth-order valence-electron chi connectivity index (χ4n) is 1.86. The van der Waals surface area contributed by atoms with Crippen LogP contribution in [0.3, 0.4) is 0 Å². The maximum Gasteiger partial charge on any atom is 0.203 e. The molecule has 19 heavy (non-hydrogen) atoms. The van der Waals surface area contributed by atoms with Gasteiger partial charge in [-0.2, -0.15) is 0 Å². The molecule has 1 aromatic rings. The lowest BCUT2D eigenvalue weighted by molar-refractivity contribution is 0.323. The lowest BCUT2D eigenvalue weighted by atomic mass is 10.1. The molecule has 0 radical (unpaired) electrons. The fourth-order valence-corrected chi connectivity index (χ4v) is 1.86. The van der Waals surface area contributed by atoms with Crippen molar-refractivity contribution in [3.8, 4) is 17.2 Å². The van der Waals surface area contributed by atoms with E-state index in [2.05, 4.69) is 26.1 Å². The molecule has 0 saturated heterocycles. The first-order valence-corrected chi connectivity index (χ1v) is 6.45. The Bertz CT molecular complexity index is 385. The largest absolute Gasteiger partial charge is 0.493 e. The third-order valence-corrected chi connectivity index (χ3v) is 2.79. The smallest absolute Gasteiger partial charge is 0.203 e. The molecule has 0 heterocycles. The van der Waals surface area contributed by atoms with Crippen LogP contribution in [0.15, 0.2) is 12.1 Å². The number of methoxy groups -OCH3 is 3. The third kappa shape index (κ3) is 4.63. The molecule has 108 valence electrons. The number of ether oxygens (including phenoxy) is 3. The molecular formula is C15H25NO3. The second-order valence-corrected chi connectivity index (χ2v) is 5.46. The van der Waals surface area contributed by atoms with Gasteiger partial charge in [0, 0.05) is 5.54 Å². The van der Waals surface area contributed by atoms with E-state index < -0.39 is 0 Å². The van der Waals surface area contributed by atoms with Gasteiger partial charge < -0.3 is 19.5 Å². The van der Waals surface area contributed by atoms with E-state index in [-0.39, 0.29) is 5.54 Å². The van der Waals surface area contributed by atoms with Crippen LogP contribution in [0, 0.1) is 0 Å². The standard InChI is InChI=1S/C15H25NO3/c1-15(2,3)16-8-7-11-9-12(17-4)14(19-6)13(10-11)18-5/h9-10,16H,7-8H2,1-6H3. The molecule has 0 spiro atoms. The van der Waals surface area contributed by atoms with Gasteiger partial charge in [0.1, 0.15) is 0 Å². The van der Waals surface area contributed by atoms with Gasteiger partial charge in [0.2, 0.25) is 5.75 Å². The lowest BCUT2D eigenvalue weighted by Crippen LogP contribution is -2.37. The summed E-state index contributed by atoms with van der Waals surface area (Å²) >= 11 is 0. The van der Waals surface area contributed by atoms with Crippen molar-refractivity contribution in [1.82, 2.24) is 5.32 Å². The molecule has 0 unspecified atom stereocenters. The molecule has 0 bridgehead atoms. The second kappa shape index (κ2) is 6.66. The molecule has 0 saturated carbocycles. The molecule has 0 fully saturated rings. The van der Waals surface area contributed by atoms with Crippen molar-refractivity contribution in [3.63, 3.8) is 0 Å². The number of hydrogen-bond acceptors (Lipinski definition) is 4. The maximum absolute atomic E-state index is 5.34. The number of hydrogen-bond donors (Lipinski definition) is 1. The molecule has 0 atom stereocenters. The maximum atomic E-state index is 5.34. The van der Waals surface area contributed by atoms with E-state index in [1.807, 2.05) is 12.1 Å². The minimum atomic E-state index is 0.126. The first-order valence-electron chi connectivity index (χ1n) is 6.45. The SMILES string of the molecule is COc1cc(CCNC(C)(C)C)cc(OC)c1OC. The summed E-state index contributed by atoms with van der Waals surface area (Å²) in [5.41, 5.74) is 1.28. The summed E-state index contributed by atoms with van der Waals surface area (Å²) in [5, 5.41) is 3.46. The number of benzene rings is 1. The van der Waals surface area contributed by atoms with Crippen molar-refractivity contribution in [2.45, 2.75) is 32.7 Å². The molecule has 1 rings (SSSR count). The zero-order valence-corrected chi connectivity index (χ0v) is 12.8. The summed E-state index contributed by atoms with van der Waals surface area (Å²) in [6, 6.07) is 3.98. The number of nitrogens with one attached hydrogen (secondary N) is 1. The van der Waals surface area contributed by atoms with Gasteiger partial charge in [-0.1, -0.05) is 0 Å². The van der Waals surface area contributed by atoms with E-state index in [0.717, 1.165) is 18.5 Å². The minimum absolute atomic E-state index is 0.126. The van der Waals surface area contributed by atoms with Gasteiger partial charge in [0.25, 0.3) is 0 Å². The van der Waals surface area contributed by atoms with Crippen LogP contribution in [0.2, 0.25) is 0 Å². The molecule has 0 aliphatic rings. The summed E-state index contributed by atoms with van der Waals surface area (Å²) in [6.07, 6.45) is 0.911. The van der Waals surface area contributed by atoms with Crippen LogP contribution in [0.5, 0.6) is 17.2 Å². The summed E-state index contributed by atoms with van der Waals surface area (Å²) in [7, 11) is 4.88. The Kier molecular flexibility index (Phi) is 5.48. The van der Waals surface area contributed by atoms with Crippen molar-refractivity contribution in [1.29, 1.82) is 0 Å².